The predicted molar refractivity (Wildman–Crippen MR) is 122 cm³/mol. The summed E-state index contributed by atoms with van der Waals surface area (Å²) in [6.07, 6.45) is 5.75. The molecule has 2 aliphatic carbocycles. The van der Waals surface area contributed by atoms with Gasteiger partial charge in [-0.05, 0) is 84.4 Å². The summed E-state index contributed by atoms with van der Waals surface area (Å²) in [5, 5.41) is 6.88. The van der Waals surface area contributed by atoms with Gasteiger partial charge in [-0.25, -0.2) is 0 Å². The van der Waals surface area contributed by atoms with Crippen LogP contribution in [-0.2, 0) is 6.54 Å². The van der Waals surface area contributed by atoms with Crippen molar-refractivity contribution in [3.8, 4) is 0 Å². The monoisotopic (exact) mass is 409 g/mol. The van der Waals surface area contributed by atoms with E-state index in [1.54, 1.807) is 6.20 Å². The molecular weight excluding hydrogens is 382 g/mol. The number of fused-ring (bicyclic) bond motifs is 7. The largest absolute Gasteiger partial charge is 0.378 e. The van der Waals surface area contributed by atoms with Gasteiger partial charge in [0.25, 0.3) is 5.91 Å². The molecule has 2 aromatic carbocycles. The van der Waals surface area contributed by atoms with Crippen LogP contribution in [0.5, 0.6) is 0 Å². The molecule has 2 heterocycles. The second kappa shape index (κ2) is 7.52. The molecule has 156 valence electrons. The van der Waals surface area contributed by atoms with E-state index in [0.717, 1.165) is 23.1 Å². The summed E-state index contributed by atoms with van der Waals surface area (Å²) in [5.74, 6) is 2.65. The summed E-state index contributed by atoms with van der Waals surface area (Å²) in [5.41, 5.74) is 5.54. The van der Waals surface area contributed by atoms with Crippen LogP contribution < -0.4 is 10.6 Å². The highest BCUT2D eigenvalue weighted by molar-refractivity contribution is 5.95. The first kappa shape index (κ1) is 18.6. The standard InChI is InChI=1S/C27H27N3O/c31-27(29-16-21-8-4-5-13-28-21)20-11-12-23-22(15-20)24-18-9-10-19(14-18)25(24)26(30-23)17-6-2-1-3-7-17/h1-8,11-13,15,18-19,24-26,30H,9-10,14,16H2,(H,29,31). The van der Waals surface area contributed by atoms with Crippen molar-refractivity contribution in [2.45, 2.75) is 37.8 Å². The normalized spacial score (nSPS) is 27.8. The van der Waals surface area contributed by atoms with Crippen molar-refractivity contribution in [2.24, 2.45) is 17.8 Å². The lowest BCUT2D eigenvalue weighted by atomic mass is 9.68. The Morgan fingerprint density at radius 3 is 2.68 bits per heavy atom. The van der Waals surface area contributed by atoms with Crippen LogP contribution in [0, 0.1) is 17.8 Å². The van der Waals surface area contributed by atoms with Crippen molar-refractivity contribution in [1.82, 2.24) is 10.3 Å². The quantitative estimate of drug-likeness (QED) is 0.614. The maximum atomic E-state index is 12.9. The van der Waals surface area contributed by atoms with Gasteiger partial charge >= 0.3 is 0 Å². The molecule has 0 saturated heterocycles. The average molecular weight is 410 g/mol. The smallest absolute Gasteiger partial charge is 0.251 e. The Morgan fingerprint density at radius 1 is 1.00 bits per heavy atom. The van der Waals surface area contributed by atoms with Crippen LogP contribution in [-0.4, -0.2) is 10.9 Å². The maximum Gasteiger partial charge on any atom is 0.251 e. The second-order valence-corrected chi connectivity index (χ2v) is 9.27. The molecule has 3 aliphatic rings. The first-order valence-electron chi connectivity index (χ1n) is 11.4. The molecule has 5 atom stereocenters. The van der Waals surface area contributed by atoms with Gasteiger partial charge in [0.05, 0.1) is 18.3 Å². The third-order valence-electron chi connectivity index (χ3n) is 7.66. The number of hydrogen-bond acceptors (Lipinski definition) is 3. The van der Waals surface area contributed by atoms with E-state index >= 15 is 0 Å². The molecule has 2 N–H and O–H groups in total. The van der Waals surface area contributed by atoms with E-state index in [-0.39, 0.29) is 5.91 Å². The van der Waals surface area contributed by atoms with Crippen molar-refractivity contribution in [3.63, 3.8) is 0 Å². The van der Waals surface area contributed by atoms with Gasteiger partial charge in [0.1, 0.15) is 0 Å². The van der Waals surface area contributed by atoms with E-state index < -0.39 is 0 Å². The number of nitrogens with one attached hydrogen (secondary N) is 2. The average Bonchev–Trinajstić information content (AvgIpc) is 3.46. The lowest BCUT2D eigenvalue weighted by Gasteiger charge is -2.43. The van der Waals surface area contributed by atoms with Crippen molar-refractivity contribution >= 4 is 11.6 Å². The van der Waals surface area contributed by atoms with Crippen molar-refractivity contribution in [2.75, 3.05) is 5.32 Å². The van der Waals surface area contributed by atoms with Gasteiger partial charge in [0, 0.05) is 17.4 Å². The number of amides is 1. The maximum absolute atomic E-state index is 12.9. The number of pyridine rings is 1. The fourth-order valence-electron chi connectivity index (χ4n) is 6.39. The van der Waals surface area contributed by atoms with Crippen molar-refractivity contribution in [1.29, 1.82) is 0 Å². The zero-order chi connectivity index (χ0) is 20.8. The molecule has 1 aromatic heterocycles. The summed E-state index contributed by atoms with van der Waals surface area (Å²) in [7, 11) is 0. The summed E-state index contributed by atoms with van der Waals surface area (Å²) in [6, 6.07) is 23.2. The van der Waals surface area contributed by atoms with Gasteiger partial charge < -0.3 is 10.6 Å². The number of anilines is 1. The van der Waals surface area contributed by atoms with E-state index in [9.17, 15) is 4.79 Å². The third-order valence-corrected chi connectivity index (χ3v) is 7.66. The van der Waals surface area contributed by atoms with Crippen LogP contribution in [0.1, 0.15) is 58.4 Å². The number of carbonyl (C=O) groups excluding carboxylic acids is 1. The van der Waals surface area contributed by atoms with Crippen LogP contribution in [0.2, 0.25) is 0 Å². The van der Waals surface area contributed by atoms with Gasteiger partial charge in [0.15, 0.2) is 0 Å². The molecule has 0 spiro atoms. The number of nitrogens with zero attached hydrogens (tertiary/aromatic N) is 1. The van der Waals surface area contributed by atoms with Crippen LogP contribution in [0.15, 0.2) is 72.9 Å². The zero-order valence-corrected chi connectivity index (χ0v) is 17.5. The van der Waals surface area contributed by atoms with Gasteiger partial charge in [0.2, 0.25) is 0 Å². The van der Waals surface area contributed by atoms with Gasteiger partial charge in [-0.2, -0.15) is 0 Å². The number of hydrogen-bond donors (Lipinski definition) is 2. The number of rotatable bonds is 4. The minimum atomic E-state index is -0.0293. The highest BCUT2D eigenvalue weighted by atomic mass is 16.1. The molecule has 5 unspecified atom stereocenters. The summed E-state index contributed by atoms with van der Waals surface area (Å²) in [6.45, 7) is 0.446. The molecular formula is C27H27N3O. The van der Waals surface area contributed by atoms with E-state index in [4.69, 9.17) is 0 Å². The number of aromatic nitrogens is 1. The third kappa shape index (κ3) is 3.21. The molecule has 4 heteroatoms. The minimum absolute atomic E-state index is 0.0293. The highest BCUT2D eigenvalue weighted by Gasteiger charge is 2.53. The Hall–Kier alpha value is -3.14. The van der Waals surface area contributed by atoms with Crippen LogP contribution >= 0.6 is 0 Å². The lowest BCUT2D eigenvalue weighted by Crippen LogP contribution is -2.35. The van der Waals surface area contributed by atoms with E-state index in [1.165, 1.54) is 36.1 Å². The van der Waals surface area contributed by atoms with Crippen LogP contribution in [0.3, 0.4) is 0 Å². The Bertz CT molecular complexity index is 1100. The summed E-state index contributed by atoms with van der Waals surface area (Å²) in [4.78, 5) is 17.2. The fourth-order valence-corrected chi connectivity index (χ4v) is 6.39. The molecule has 0 radical (unpaired) electrons. The lowest BCUT2D eigenvalue weighted by molar-refractivity contribution is 0.0950. The topological polar surface area (TPSA) is 54.0 Å². The van der Waals surface area contributed by atoms with Crippen LogP contribution in [0.4, 0.5) is 5.69 Å². The van der Waals surface area contributed by atoms with Gasteiger partial charge in [-0.3, -0.25) is 9.78 Å². The molecule has 6 rings (SSSR count). The van der Waals surface area contributed by atoms with Crippen molar-refractivity contribution < 1.29 is 4.79 Å². The van der Waals surface area contributed by atoms with Gasteiger partial charge in [-0.15, -0.1) is 0 Å². The first-order chi connectivity index (χ1) is 15.3. The van der Waals surface area contributed by atoms with E-state index in [1.807, 2.05) is 24.3 Å². The molecule has 1 aliphatic heterocycles. The Labute approximate surface area is 183 Å². The van der Waals surface area contributed by atoms with E-state index in [2.05, 4.69) is 58.1 Å². The SMILES string of the molecule is O=C(NCc1ccccn1)c1ccc2c(c1)C1C3CCC(C3)C1C(c1ccccc1)N2. The van der Waals surface area contributed by atoms with Crippen molar-refractivity contribution in [3.05, 3.63) is 95.3 Å². The Balaban J connectivity index is 1.30. The Kier molecular flexibility index (Phi) is 4.52. The Morgan fingerprint density at radius 2 is 1.84 bits per heavy atom. The molecule has 1 amide bonds. The molecule has 2 bridgehead atoms. The highest BCUT2D eigenvalue weighted by Crippen LogP contribution is 2.63. The molecule has 4 nitrogen and oxygen atoms in total. The molecule has 3 aromatic rings. The zero-order valence-electron chi connectivity index (χ0n) is 17.5. The first-order valence-corrected chi connectivity index (χ1v) is 11.4. The minimum Gasteiger partial charge on any atom is -0.378 e. The van der Waals surface area contributed by atoms with E-state index in [0.29, 0.717) is 24.4 Å². The summed E-state index contributed by atoms with van der Waals surface area (Å²) >= 11 is 0. The molecule has 2 fully saturated rings. The summed E-state index contributed by atoms with van der Waals surface area (Å²) < 4.78 is 0. The molecule has 31 heavy (non-hydrogen) atoms. The second-order valence-electron chi connectivity index (χ2n) is 9.27. The number of carbonyl (C=O) groups is 1. The number of benzene rings is 2. The predicted octanol–water partition coefficient (Wildman–Crippen LogP) is 5.31. The fraction of sp³-hybridized carbons (Fsp3) is 0.333. The molecule has 2 saturated carbocycles. The van der Waals surface area contributed by atoms with Crippen LogP contribution in [0.25, 0.3) is 0 Å². The van der Waals surface area contributed by atoms with Gasteiger partial charge in [-0.1, -0.05) is 36.4 Å².